The Kier molecular flexibility index (Phi) is 6.87. The lowest BCUT2D eigenvalue weighted by Crippen LogP contribution is -2.52. The number of carboxylic acid groups (broad SMARTS) is 1. The Morgan fingerprint density at radius 1 is 0.892 bits per heavy atom. The zero-order valence-electron chi connectivity index (χ0n) is 21.0. The number of rotatable bonds is 7. The topological polar surface area (TPSA) is 108 Å². The molecule has 0 aromatic heterocycles. The summed E-state index contributed by atoms with van der Waals surface area (Å²) >= 11 is 0. The van der Waals surface area contributed by atoms with Crippen molar-refractivity contribution < 1.29 is 19.5 Å². The summed E-state index contributed by atoms with van der Waals surface area (Å²) in [6, 6.07) is 17.3. The van der Waals surface area contributed by atoms with E-state index in [-0.39, 0.29) is 5.56 Å². The van der Waals surface area contributed by atoms with Gasteiger partial charge in [0.2, 0.25) is 0 Å². The number of carbonyl (C=O) groups is 3. The second kappa shape index (κ2) is 10.2. The van der Waals surface area contributed by atoms with Crippen LogP contribution in [0, 0.1) is 5.41 Å². The van der Waals surface area contributed by atoms with Crippen molar-refractivity contribution in [3.05, 3.63) is 71.8 Å². The Morgan fingerprint density at radius 3 is 2.16 bits per heavy atom. The Morgan fingerprint density at radius 2 is 1.54 bits per heavy atom. The van der Waals surface area contributed by atoms with Crippen LogP contribution in [0.25, 0.3) is 10.8 Å². The number of carboxylic acids is 1. The molecule has 2 aliphatic carbocycles. The van der Waals surface area contributed by atoms with Gasteiger partial charge in [0.15, 0.2) is 0 Å². The van der Waals surface area contributed by atoms with Crippen molar-refractivity contribution in [3.8, 4) is 0 Å². The molecule has 0 heterocycles. The summed E-state index contributed by atoms with van der Waals surface area (Å²) in [4.78, 5) is 38.6. The molecule has 3 aromatic carbocycles. The summed E-state index contributed by atoms with van der Waals surface area (Å²) in [6.07, 6.45) is 6.88. The quantitative estimate of drug-likeness (QED) is 0.297. The van der Waals surface area contributed by atoms with E-state index in [0.717, 1.165) is 42.9 Å². The highest BCUT2D eigenvalue weighted by molar-refractivity contribution is 6.10. The average Bonchev–Trinajstić information content (AvgIpc) is 3.73. The SMILES string of the molecule is CC1([C@H](NC(=O)c2cc3ccccc3cc2NC(=O)Nc2ccc(C3CC3)cc2)C(=O)O)CCCCC1. The van der Waals surface area contributed by atoms with Crippen molar-refractivity contribution in [1.29, 1.82) is 0 Å². The van der Waals surface area contributed by atoms with Crippen molar-refractivity contribution in [1.82, 2.24) is 5.32 Å². The van der Waals surface area contributed by atoms with Gasteiger partial charge in [-0.15, -0.1) is 0 Å². The highest BCUT2D eigenvalue weighted by Gasteiger charge is 2.41. The maximum atomic E-state index is 13.5. The average molecular weight is 500 g/mol. The van der Waals surface area contributed by atoms with Crippen LogP contribution in [0.1, 0.15) is 73.7 Å². The largest absolute Gasteiger partial charge is 0.480 e. The minimum absolute atomic E-state index is 0.226. The van der Waals surface area contributed by atoms with Gasteiger partial charge in [0.25, 0.3) is 5.91 Å². The minimum atomic E-state index is -1.04. The van der Waals surface area contributed by atoms with Crippen LogP contribution in [0.5, 0.6) is 0 Å². The number of nitrogens with one attached hydrogen (secondary N) is 3. The number of carbonyl (C=O) groups excluding carboxylic acids is 2. The van der Waals surface area contributed by atoms with Gasteiger partial charge in [-0.2, -0.15) is 0 Å². The molecular formula is C30H33N3O4. The number of urea groups is 1. The van der Waals surface area contributed by atoms with Gasteiger partial charge >= 0.3 is 12.0 Å². The molecule has 3 aromatic rings. The van der Waals surface area contributed by atoms with Crippen LogP contribution in [0.4, 0.5) is 16.2 Å². The molecule has 37 heavy (non-hydrogen) atoms. The molecule has 192 valence electrons. The van der Waals surface area contributed by atoms with E-state index in [1.165, 1.54) is 18.4 Å². The zero-order chi connectivity index (χ0) is 26.0. The van der Waals surface area contributed by atoms with Crippen molar-refractivity contribution in [2.24, 2.45) is 5.41 Å². The zero-order valence-corrected chi connectivity index (χ0v) is 21.0. The highest BCUT2D eigenvalue weighted by atomic mass is 16.4. The molecule has 4 N–H and O–H groups in total. The van der Waals surface area contributed by atoms with Crippen molar-refractivity contribution in [2.45, 2.75) is 63.8 Å². The monoisotopic (exact) mass is 499 g/mol. The predicted molar refractivity (Wildman–Crippen MR) is 145 cm³/mol. The molecule has 2 fully saturated rings. The first-order chi connectivity index (χ1) is 17.8. The number of benzene rings is 3. The van der Waals surface area contributed by atoms with Crippen LogP contribution in [-0.4, -0.2) is 29.1 Å². The van der Waals surface area contributed by atoms with Gasteiger partial charge in [-0.25, -0.2) is 9.59 Å². The van der Waals surface area contributed by atoms with Crippen molar-refractivity contribution >= 4 is 40.1 Å². The molecule has 7 nitrogen and oxygen atoms in total. The third-order valence-electron chi connectivity index (χ3n) is 7.81. The van der Waals surface area contributed by atoms with E-state index in [1.54, 1.807) is 12.1 Å². The molecule has 7 heteroatoms. The molecule has 0 bridgehead atoms. The van der Waals surface area contributed by atoms with Crippen LogP contribution in [0.3, 0.4) is 0 Å². The van der Waals surface area contributed by atoms with E-state index in [4.69, 9.17) is 0 Å². The number of hydrogen-bond donors (Lipinski definition) is 4. The van der Waals surface area contributed by atoms with Crippen LogP contribution in [0.2, 0.25) is 0 Å². The smallest absolute Gasteiger partial charge is 0.326 e. The first-order valence-corrected chi connectivity index (χ1v) is 13.1. The lowest BCUT2D eigenvalue weighted by molar-refractivity contribution is -0.143. The summed E-state index contributed by atoms with van der Waals surface area (Å²) in [5, 5.41) is 20.1. The van der Waals surface area contributed by atoms with E-state index in [0.29, 0.717) is 17.3 Å². The lowest BCUT2D eigenvalue weighted by Gasteiger charge is -2.38. The fraction of sp³-hybridized carbons (Fsp3) is 0.367. The van der Waals surface area contributed by atoms with Gasteiger partial charge in [-0.05, 0) is 77.6 Å². The summed E-state index contributed by atoms with van der Waals surface area (Å²) in [5.74, 6) is -0.929. The number of anilines is 2. The number of amides is 3. The maximum Gasteiger partial charge on any atom is 0.326 e. The molecule has 0 unspecified atom stereocenters. The van der Waals surface area contributed by atoms with E-state index in [9.17, 15) is 19.5 Å². The van der Waals surface area contributed by atoms with E-state index in [2.05, 4.69) is 16.0 Å². The minimum Gasteiger partial charge on any atom is -0.480 e. The fourth-order valence-electron chi connectivity index (χ4n) is 5.46. The van der Waals surface area contributed by atoms with Gasteiger partial charge in [0, 0.05) is 5.69 Å². The lowest BCUT2D eigenvalue weighted by atomic mass is 9.70. The number of aliphatic carboxylic acids is 1. The molecule has 0 radical (unpaired) electrons. The van der Waals surface area contributed by atoms with Crippen LogP contribution >= 0.6 is 0 Å². The molecular weight excluding hydrogens is 466 g/mol. The molecule has 0 saturated heterocycles. The van der Waals surface area contributed by atoms with Crippen LogP contribution < -0.4 is 16.0 Å². The number of fused-ring (bicyclic) bond motifs is 1. The normalized spacial score (nSPS) is 17.5. The second-order valence-corrected chi connectivity index (χ2v) is 10.7. The van der Waals surface area contributed by atoms with Crippen LogP contribution in [-0.2, 0) is 4.79 Å². The fourth-order valence-corrected chi connectivity index (χ4v) is 5.46. The molecule has 2 aliphatic rings. The Hall–Kier alpha value is -3.87. The van der Waals surface area contributed by atoms with E-state index in [1.807, 2.05) is 55.5 Å². The Balaban J connectivity index is 1.39. The standard InChI is InChI=1S/C30H33N3O4/c1-30(15-5-2-6-16-30)26(28(35)36)33-27(34)24-17-21-7-3-4-8-22(21)18-25(24)32-29(37)31-23-13-11-20(12-14-23)19-9-10-19/h3-4,7-8,11-14,17-19,26H,2,5-6,9-10,15-16H2,1H3,(H,33,34)(H,35,36)(H2,31,32,37)/t26-/m1/s1. The maximum absolute atomic E-state index is 13.5. The predicted octanol–water partition coefficient (Wildman–Crippen LogP) is 6.51. The Bertz CT molecular complexity index is 1320. The first kappa shape index (κ1) is 24.8. The molecule has 0 aliphatic heterocycles. The molecule has 0 spiro atoms. The van der Waals surface area contributed by atoms with Gasteiger partial charge < -0.3 is 21.1 Å². The third-order valence-corrected chi connectivity index (χ3v) is 7.81. The molecule has 5 rings (SSSR count). The van der Waals surface area contributed by atoms with Crippen LogP contribution in [0.15, 0.2) is 60.7 Å². The summed E-state index contributed by atoms with van der Waals surface area (Å²) in [5.41, 5.74) is 1.96. The highest BCUT2D eigenvalue weighted by Crippen LogP contribution is 2.40. The van der Waals surface area contributed by atoms with Gasteiger partial charge in [0.05, 0.1) is 11.3 Å². The van der Waals surface area contributed by atoms with E-state index < -0.39 is 29.4 Å². The van der Waals surface area contributed by atoms with E-state index >= 15 is 0 Å². The summed E-state index contributed by atoms with van der Waals surface area (Å²) in [6.45, 7) is 1.94. The van der Waals surface area contributed by atoms with Crippen molar-refractivity contribution in [2.75, 3.05) is 10.6 Å². The van der Waals surface area contributed by atoms with Crippen molar-refractivity contribution in [3.63, 3.8) is 0 Å². The number of hydrogen-bond acceptors (Lipinski definition) is 3. The van der Waals surface area contributed by atoms with Gasteiger partial charge in [-0.1, -0.05) is 62.6 Å². The van der Waals surface area contributed by atoms with Gasteiger partial charge in [0.1, 0.15) is 6.04 Å². The Labute approximate surface area is 216 Å². The van der Waals surface area contributed by atoms with Gasteiger partial charge in [-0.3, -0.25) is 4.79 Å². The first-order valence-electron chi connectivity index (χ1n) is 13.1. The molecule has 2 saturated carbocycles. The summed E-state index contributed by atoms with van der Waals surface area (Å²) < 4.78 is 0. The molecule has 3 amide bonds. The second-order valence-electron chi connectivity index (χ2n) is 10.7. The summed E-state index contributed by atoms with van der Waals surface area (Å²) in [7, 11) is 0. The molecule has 1 atom stereocenters. The third kappa shape index (κ3) is 5.61.